The number of anilines is 2. The molecule has 2 N–H and O–H groups in total. The number of methoxy groups -OCH3 is 1. The Morgan fingerprint density at radius 2 is 2.06 bits per heavy atom. The van der Waals surface area contributed by atoms with Crippen molar-refractivity contribution in [2.45, 2.75) is 26.2 Å². The predicted octanol–water partition coefficient (Wildman–Crippen LogP) is 3.13. The number of halogens is 2. The molecule has 2 aromatic rings. The second-order valence-electron chi connectivity index (χ2n) is 7.67. The molecule has 2 heterocycles. The van der Waals surface area contributed by atoms with Crippen LogP contribution in [0.1, 0.15) is 25.3 Å². The van der Waals surface area contributed by atoms with E-state index >= 15 is 0 Å². The average molecular weight is 516 g/mol. The Kier molecular flexibility index (Phi) is 8.61. The molecule has 33 heavy (non-hydrogen) atoms. The maximum atomic E-state index is 12.5. The molecule has 0 radical (unpaired) electrons. The zero-order chi connectivity index (χ0) is 24.0. The fourth-order valence-electron chi connectivity index (χ4n) is 3.51. The summed E-state index contributed by atoms with van der Waals surface area (Å²) >= 11 is 12.2. The molecule has 1 aromatic carbocycles. The highest BCUT2D eigenvalue weighted by Crippen LogP contribution is 2.26. The van der Waals surface area contributed by atoms with Gasteiger partial charge in [-0.25, -0.2) is 8.42 Å². The van der Waals surface area contributed by atoms with Crippen LogP contribution in [0, 0.1) is 5.92 Å². The van der Waals surface area contributed by atoms with Crippen LogP contribution < -0.4 is 19.7 Å². The lowest BCUT2D eigenvalue weighted by Crippen LogP contribution is -2.45. The van der Waals surface area contributed by atoms with Crippen molar-refractivity contribution >= 4 is 50.8 Å². The Labute approximate surface area is 203 Å². The molecule has 0 spiro atoms. The number of nitrogens with zero attached hydrogens (tertiary/aromatic N) is 3. The number of amides is 1. The molecule has 1 fully saturated rings. The van der Waals surface area contributed by atoms with E-state index in [1.165, 1.54) is 14.0 Å². The summed E-state index contributed by atoms with van der Waals surface area (Å²) < 4.78 is 30.9. The van der Waals surface area contributed by atoms with Crippen molar-refractivity contribution in [3.8, 4) is 6.01 Å². The number of hydrogen-bond donors (Lipinski definition) is 2. The fourth-order valence-corrected chi connectivity index (χ4v) is 4.63. The summed E-state index contributed by atoms with van der Waals surface area (Å²) in [4.78, 5) is 23.2. The van der Waals surface area contributed by atoms with Gasteiger partial charge < -0.3 is 15.0 Å². The quantitative estimate of drug-likeness (QED) is 0.523. The summed E-state index contributed by atoms with van der Waals surface area (Å²) in [6.07, 6.45) is 2.00. The van der Waals surface area contributed by atoms with Crippen molar-refractivity contribution in [3.63, 3.8) is 0 Å². The first kappa shape index (κ1) is 25.3. The number of carbonyl (C=O) groups excluding carboxylic acids is 1. The zero-order valence-electron chi connectivity index (χ0n) is 18.5. The number of piperidine rings is 1. The lowest BCUT2D eigenvalue weighted by atomic mass is 9.97. The number of carbonyl (C=O) groups is 1. The van der Waals surface area contributed by atoms with Gasteiger partial charge in [0, 0.05) is 35.7 Å². The highest BCUT2D eigenvalue weighted by molar-refractivity contribution is 7.90. The Hall–Kier alpha value is -2.30. The fraction of sp³-hybridized carbons (Fsp3) is 0.476. The van der Waals surface area contributed by atoms with Crippen LogP contribution in [0.4, 0.5) is 11.6 Å². The van der Waals surface area contributed by atoms with E-state index in [9.17, 15) is 13.2 Å². The number of sulfonamides is 1. The van der Waals surface area contributed by atoms with Crippen molar-refractivity contribution in [1.29, 1.82) is 0 Å². The molecule has 1 atom stereocenters. The molecule has 12 heteroatoms. The molecule has 1 aliphatic rings. The van der Waals surface area contributed by atoms with Crippen LogP contribution in [0.15, 0.2) is 24.3 Å². The summed E-state index contributed by atoms with van der Waals surface area (Å²) in [6.45, 7) is 3.10. The van der Waals surface area contributed by atoms with Crippen molar-refractivity contribution in [3.05, 3.63) is 39.9 Å². The molecule has 1 aliphatic heterocycles. The maximum absolute atomic E-state index is 12.5. The van der Waals surface area contributed by atoms with Crippen LogP contribution in [-0.2, 0) is 21.2 Å². The third-order valence-corrected chi connectivity index (χ3v) is 7.20. The van der Waals surface area contributed by atoms with Gasteiger partial charge in [0.05, 0.1) is 18.8 Å². The van der Waals surface area contributed by atoms with Gasteiger partial charge in [0.1, 0.15) is 11.6 Å². The van der Waals surface area contributed by atoms with Crippen LogP contribution in [0.25, 0.3) is 0 Å². The van der Waals surface area contributed by atoms with Crippen molar-refractivity contribution < 1.29 is 17.9 Å². The second-order valence-corrected chi connectivity index (χ2v) is 10.5. The van der Waals surface area contributed by atoms with E-state index in [1.54, 1.807) is 18.2 Å². The molecular weight excluding hydrogens is 489 g/mol. The Morgan fingerprint density at radius 1 is 1.27 bits per heavy atom. The van der Waals surface area contributed by atoms with Crippen LogP contribution in [0.2, 0.25) is 10.0 Å². The maximum Gasteiger partial charge on any atom is 0.320 e. The summed E-state index contributed by atoms with van der Waals surface area (Å²) in [5, 5.41) is 4.44. The molecule has 1 saturated heterocycles. The van der Waals surface area contributed by atoms with Crippen molar-refractivity contribution in [1.82, 2.24) is 14.7 Å². The van der Waals surface area contributed by atoms with E-state index < -0.39 is 21.8 Å². The molecule has 1 unspecified atom stereocenters. The number of ether oxygens (including phenoxy) is 1. The van der Waals surface area contributed by atoms with Gasteiger partial charge in [0.25, 0.3) is 0 Å². The first-order chi connectivity index (χ1) is 15.7. The number of rotatable bonds is 9. The molecule has 1 amide bonds. The molecule has 0 saturated carbocycles. The minimum atomic E-state index is -3.60. The first-order valence-electron chi connectivity index (χ1n) is 10.6. The molecule has 3 rings (SSSR count). The van der Waals surface area contributed by atoms with E-state index in [1.807, 2.05) is 11.0 Å². The lowest BCUT2D eigenvalue weighted by Gasteiger charge is -2.33. The predicted molar refractivity (Wildman–Crippen MR) is 130 cm³/mol. The highest BCUT2D eigenvalue weighted by atomic mass is 35.5. The SMILES string of the molecule is CCS(=O)(=O)NC(=O)C1CCCN(c2cc(NCCc3ccc(Cl)cc3Cl)nc(OC)n2)C1. The van der Waals surface area contributed by atoms with Crippen LogP contribution in [0.5, 0.6) is 6.01 Å². The molecule has 0 bridgehead atoms. The third kappa shape index (κ3) is 7.09. The smallest absolute Gasteiger partial charge is 0.320 e. The van der Waals surface area contributed by atoms with Gasteiger partial charge in [-0.15, -0.1) is 0 Å². The number of hydrogen-bond acceptors (Lipinski definition) is 8. The van der Waals surface area contributed by atoms with Gasteiger partial charge in [0.15, 0.2) is 0 Å². The summed E-state index contributed by atoms with van der Waals surface area (Å²) in [5.41, 5.74) is 0.960. The van der Waals surface area contributed by atoms with Crippen LogP contribution >= 0.6 is 23.2 Å². The Balaban J connectivity index is 1.68. The van der Waals surface area contributed by atoms with Gasteiger partial charge >= 0.3 is 6.01 Å². The van der Waals surface area contributed by atoms with Crippen LogP contribution in [-0.4, -0.2) is 56.8 Å². The van der Waals surface area contributed by atoms with E-state index in [4.69, 9.17) is 27.9 Å². The zero-order valence-corrected chi connectivity index (χ0v) is 20.8. The summed E-state index contributed by atoms with van der Waals surface area (Å²) in [6, 6.07) is 7.37. The highest BCUT2D eigenvalue weighted by Gasteiger charge is 2.29. The standard InChI is InChI=1S/C21H27Cl2N5O4S/c1-3-33(30,31)27-20(29)15-5-4-10-28(13-15)19-12-18(25-21(26-19)32-2)24-9-8-14-6-7-16(22)11-17(14)23/h6-7,11-12,15H,3-5,8-10,13H2,1-2H3,(H,27,29)(H,24,25,26). The third-order valence-electron chi connectivity index (χ3n) is 5.34. The van der Waals surface area contributed by atoms with Gasteiger partial charge in [-0.3, -0.25) is 9.52 Å². The monoisotopic (exact) mass is 515 g/mol. The minimum absolute atomic E-state index is 0.144. The van der Waals surface area contributed by atoms with E-state index in [0.29, 0.717) is 54.2 Å². The largest absolute Gasteiger partial charge is 0.467 e. The molecule has 0 aliphatic carbocycles. The van der Waals surface area contributed by atoms with E-state index in [0.717, 1.165) is 12.0 Å². The average Bonchev–Trinajstić information content (AvgIpc) is 2.80. The van der Waals surface area contributed by atoms with E-state index in [-0.39, 0.29) is 11.8 Å². The van der Waals surface area contributed by atoms with Gasteiger partial charge in [-0.2, -0.15) is 9.97 Å². The Morgan fingerprint density at radius 3 is 2.76 bits per heavy atom. The van der Waals surface area contributed by atoms with Gasteiger partial charge in [-0.05, 0) is 43.9 Å². The van der Waals surface area contributed by atoms with Crippen LogP contribution in [0.3, 0.4) is 0 Å². The second kappa shape index (κ2) is 11.2. The van der Waals surface area contributed by atoms with E-state index in [2.05, 4.69) is 20.0 Å². The molecule has 1 aromatic heterocycles. The minimum Gasteiger partial charge on any atom is -0.467 e. The summed E-state index contributed by atoms with van der Waals surface area (Å²) in [5.74, 6) is 0.0891. The lowest BCUT2D eigenvalue weighted by molar-refractivity contribution is -0.123. The molecule has 9 nitrogen and oxygen atoms in total. The van der Waals surface area contributed by atoms with Crippen molar-refractivity contribution in [2.24, 2.45) is 5.92 Å². The molecular formula is C21H27Cl2N5O4S. The van der Waals surface area contributed by atoms with Gasteiger partial charge in [0.2, 0.25) is 15.9 Å². The number of nitrogens with one attached hydrogen (secondary N) is 2. The summed E-state index contributed by atoms with van der Waals surface area (Å²) in [7, 11) is -2.11. The normalized spacial score (nSPS) is 16.4. The topological polar surface area (TPSA) is 114 Å². The van der Waals surface area contributed by atoms with Crippen molar-refractivity contribution in [2.75, 3.05) is 42.7 Å². The Bertz CT molecular complexity index is 1100. The number of aromatic nitrogens is 2. The molecule has 180 valence electrons. The number of benzene rings is 1. The first-order valence-corrected chi connectivity index (χ1v) is 13.0. The van der Waals surface area contributed by atoms with Gasteiger partial charge in [-0.1, -0.05) is 29.3 Å².